The highest BCUT2D eigenvalue weighted by molar-refractivity contribution is 6.31. The number of aromatic nitrogens is 3. The summed E-state index contributed by atoms with van der Waals surface area (Å²) in [4.78, 5) is 22.4. The summed E-state index contributed by atoms with van der Waals surface area (Å²) in [5.41, 5.74) is 1.19. The molecule has 0 radical (unpaired) electrons. The van der Waals surface area contributed by atoms with Crippen LogP contribution >= 0.6 is 11.6 Å². The molecule has 0 aliphatic carbocycles. The van der Waals surface area contributed by atoms with Gasteiger partial charge in [0.2, 0.25) is 5.15 Å². The smallest absolute Gasteiger partial charge is 0.258 e. The van der Waals surface area contributed by atoms with Crippen molar-refractivity contribution in [3.05, 3.63) is 58.1 Å². The Bertz CT molecular complexity index is 822. The summed E-state index contributed by atoms with van der Waals surface area (Å²) in [5, 5.41) is 11.9. The van der Waals surface area contributed by atoms with Crippen LogP contribution in [0.1, 0.15) is 0 Å². The fourth-order valence-corrected chi connectivity index (χ4v) is 2.15. The van der Waals surface area contributed by atoms with Crippen LogP contribution < -0.4 is 0 Å². The summed E-state index contributed by atoms with van der Waals surface area (Å²) in [6.45, 7) is 0. The molecule has 2 heterocycles. The molecule has 3 rings (SSSR count). The third-order valence-corrected chi connectivity index (χ3v) is 3.12. The van der Waals surface area contributed by atoms with Crippen LogP contribution in [-0.2, 0) is 0 Å². The maximum Gasteiger partial charge on any atom is 0.332 e. The first-order chi connectivity index (χ1) is 9.66. The lowest BCUT2D eigenvalue weighted by atomic mass is 10.1. The predicted octanol–water partition coefficient (Wildman–Crippen LogP) is 3.25. The molecule has 0 saturated heterocycles. The molecule has 1 aromatic carbocycles. The second kappa shape index (κ2) is 4.82. The van der Waals surface area contributed by atoms with Crippen LogP contribution in [0.25, 0.3) is 22.2 Å². The molecule has 3 aromatic rings. The lowest BCUT2D eigenvalue weighted by Crippen LogP contribution is -1.97. The van der Waals surface area contributed by atoms with Crippen LogP contribution in [0.5, 0.6) is 0 Å². The number of nitro groups is 1. The topological polar surface area (TPSA) is 81.8 Å². The van der Waals surface area contributed by atoms with Crippen molar-refractivity contribution in [3.63, 3.8) is 0 Å². The first-order valence-electron chi connectivity index (χ1n) is 5.67. The molecule has 20 heavy (non-hydrogen) atoms. The number of nitrogens with zero attached hydrogens (tertiary/aromatic N) is 4. The van der Waals surface area contributed by atoms with Crippen molar-refractivity contribution in [3.8, 4) is 11.3 Å². The number of halogens is 1. The van der Waals surface area contributed by atoms with E-state index in [1.807, 2.05) is 18.2 Å². The number of rotatable bonds is 2. The van der Waals surface area contributed by atoms with E-state index in [1.165, 1.54) is 6.33 Å². The normalized spacial score (nSPS) is 10.7. The quantitative estimate of drug-likeness (QED) is 0.410. The van der Waals surface area contributed by atoms with Gasteiger partial charge in [0.1, 0.15) is 6.33 Å². The summed E-state index contributed by atoms with van der Waals surface area (Å²) in [6, 6.07) is 9.05. The van der Waals surface area contributed by atoms with Crippen molar-refractivity contribution in [1.82, 2.24) is 15.0 Å². The van der Waals surface area contributed by atoms with Crippen LogP contribution in [0.15, 0.2) is 42.9 Å². The van der Waals surface area contributed by atoms with Gasteiger partial charge in [0.05, 0.1) is 10.4 Å². The Morgan fingerprint density at radius 2 is 2.00 bits per heavy atom. The van der Waals surface area contributed by atoms with E-state index in [9.17, 15) is 10.1 Å². The Balaban J connectivity index is 2.25. The molecule has 6 nitrogen and oxygen atoms in total. The minimum atomic E-state index is -0.583. The third-order valence-electron chi connectivity index (χ3n) is 2.84. The monoisotopic (exact) mass is 286 g/mol. The molecular formula is C13H7ClN4O2. The maximum atomic E-state index is 11.1. The zero-order valence-corrected chi connectivity index (χ0v) is 10.8. The highest BCUT2D eigenvalue weighted by Gasteiger charge is 2.22. The first kappa shape index (κ1) is 12.4. The van der Waals surface area contributed by atoms with Crippen LogP contribution in [-0.4, -0.2) is 19.9 Å². The van der Waals surface area contributed by atoms with E-state index in [1.54, 1.807) is 18.3 Å². The molecule has 0 aliphatic rings. The zero-order chi connectivity index (χ0) is 14.1. The molecule has 0 spiro atoms. The van der Waals surface area contributed by atoms with E-state index in [4.69, 9.17) is 11.6 Å². The molecule has 0 N–H and O–H groups in total. The van der Waals surface area contributed by atoms with E-state index < -0.39 is 4.92 Å². The average molecular weight is 287 g/mol. The summed E-state index contributed by atoms with van der Waals surface area (Å²) >= 11 is 5.78. The second-order valence-corrected chi connectivity index (χ2v) is 4.39. The summed E-state index contributed by atoms with van der Waals surface area (Å²) in [6.07, 6.45) is 2.86. The van der Waals surface area contributed by atoms with Gasteiger partial charge in [0, 0.05) is 17.1 Å². The van der Waals surface area contributed by atoms with Crippen molar-refractivity contribution < 1.29 is 4.92 Å². The Morgan fingerprint density at radius 3 is 2.80 bits per heavy atom. The van der Waals surface area contributed by atoms with Gasteiger partial charge in [-0.25, -0.2) is 9.97 Å². The Morgan fingerprint density at radius 1 is 1.15 bits per heavy atom. The Labute approximate surface area is 118 Å². The predicted molar refractivity (Wildman–Crippen MR) is 74.4 cm³/mol. The largest absolute Gasteiger partial charge is 0.332 e. The van der Waals surface area contributed by atoms with Crippen LogP contribution in [0.2, 0.25) is 5.15 Å². The van der Waals surface area contributed by atoms with Crippen LogP contribution in [0, 0.1) is 10.1 Å². The first-order valence-corrected chi connectivity index (χ1v) is 6.04. The van der Waals surface area contributed by atoms with Gasteiger partial charge in [-0.05, 0) is 12.1 Å². The SMILES string of the molecule is O=[N+]([O-])c1c(Cl)ncnc1-c1ccc2cccnc2c1. The fourth-order valence-electron chi connectivity index (χ4n) is 1.94. The molecule has 98 valence electrons. The number of fused-ring (bicyclic) bond motifs is 1. The Hall–Kier alpha value is -2.60. The zero-order valence-electron chi connectivity index (χ0n) is 10.0. The fraction of sp³-hybridized carbons (Fsp3) is 0. The minimum Gasteiger partial charge on any atom is -0.258 e. The molecule has 0 atom stereocenters. The van der Waals surface area contributed by atoms with Gasteiger partial charge in [0.25, 0.3) is 0 Å². The van der Waals surface area contributed by atoms with E-state index in [2.05, 4.69) is 15.0 Å². The Kier molecular flexibility index (Phi) is 3.00. The van der Waals surface area contributed by atoms with Gasteiger partial charge >= 0.3 is 5.69 Å². The molecular weight excluding hydrogens is 280 g/mol. The number of hydrogen-bond acceptors (Lipinski definition) is 5. The molecule has 0 fully saturated rings. The van der Waals surface area contributed by atoms with Crippen molar-refractivity contribution in [2.75, 3.05) is 0 Å². The van der Waals surface area contributed by atoms with Gasteiger partial charge in [-0.15, -0.1) is 0 Å². The van der Waals surface area contributed by atoms with Crippen molar-refractivity contribution >= 4 is 28.2 Å². The molecule has 7 heteroatoms. The van der Waals surface area contributed by atoms with Crippen molar-refractivity contribution in [1.29, 1.82) is 0 Å². The summed E-state index contributed by atoms with van der Waals surface area (Å²) in [7, 11) is 0. The average Bonchev–Trinajstić information content (AvgIpc) is 2.46. The van der Waals surface area contributed by atoms with E-state index in [0.717, 1.165) is 10.9 Å². The molecule has 0 aliphatic heterocycles. The van der Waals surface area contributed by atoms with E-state index in [0.29, 0.717) is 5.56 Å². The molecule has 0 bridgehead atoms. The van der Waals surface area contributed by atoms with E-state index >= 15 is 0 Å². The highest BCUT2D eigenvalue weighted by Crippen LogP contribution is 2.33. The summed E-state index contributed by atoms with van der Waals surface area (Å²) in [5.74, 6) is 0. The standard InChI is InChI=1S/C13H7ClN4O2/c14-13-12(18(19)20)11(16-7-17-13)9-4-3-8-2-1-5-15-10(8)6-9/h1-7H. The van der Waals surface area contributed by atoms with Gasteiger partial charge in [0.15, 0.2) is 5.69 Å². The lowest BCUT2D eigenvalue weighted by molar-refractivity contribution is -0.384. The molecule has 2 aromatic heterocycles. The van der Waals surface area contributed by atoms with Crippen LogP contribution in [0.3, 0.4) is 0 Å². The molecule has 0 unspecified atom stereocenters. The second-order valence-electron chi connectivity index (χ2n) is 4.03. The number of hydrogen-bond donors (Lipinski definition) is 0. The number of benzene rings is 1. The molecule has 0 saturated carbocycles. The van der Waals surface area contributed by atoms with Crippen LogP contribution in [0.4, 0.5) is 5.69 Å². The van der Waals surface area contributed by atoms with E-state index in [-0.39, 0.29) is 16.5 Å². The van der Waals surface area contributed by atoms with Gasteiger partial charge in [-0.1, -0.05) is 29.8 Å². The minimum absolute atomic E-state index is 0.180. The van der Waals surface area contributed by atoms with Gasteiger partial charge in [-0.2, -0.15) is 0 Å². The van der Waals surface area contributed by atoms with Gasteiger partial charge in [-0.3, -0.25) is 15.1 Å². The maximum absolute atomic E-state index is 11.1. The summed E-state index contributed by atoms with van der Waals surface area (Å²) < 4.78 is 0. The van der Waals surface area contributed by atoms with Crippen molar-refractivity contribution in [2.24, 2.45) is 0 Å². The van der Waals surface area contributed by atoms with Gasteiger partial charge < -0.3 is 0 Å². The highest BCUT2D eigenvalue weighted by atomic mass is 35.5. The lowest BCUT2D eigenvalue weighted by Gasteiger charge is -2.04. The third kappa shape index (κ3) is 2.06. The molecule has 0 amide bonds. The number of pyridine rings is 1. The van der Waals surface area contributed by atoms with Crippen molar-refractivity contribution in [2.45, 2.75) is 0 Å².